The number of hydrogen-bond donors (Lipinski definition) is 0. The summed E-state index contributed by atoms with van der Waals surface area (Å²) >= 11 is 1.42. The Balaban J connectivity index is 1.53. The molecular formula is C14H19N5S. The van der Waals surface area contributed by atoms with Gasteiger partial charge in [-0.1, -0.05) is 10.6 Å². The maximum atomic E-state index is 4.46. The Morgan fingerprint density at radius 3 is 2.75 bits per heavy atom. The van der Waals surface area contributed by atoms with Crippen LogP contribution in [0.1, 0.15) is 24.4 Å². The molecule has 0 aliphatic carbocycles. The number of aromatic nitrogens is 3. The summed E-state index contributed by atoms with van der Waals surface area (Å²) in [7, 11) is 0. The van der Waals surface area contributed by atoms with E-state index in [-0.39, 0.29) is 0 Å². The van der Waals surface area contributed by atoms with Crippen LogP contribution in [0.3, 0.4) is 0 Å². The van der Waals surface area contributed by atoms with Crippen molar-refractivity contribution >= 4 is 11.5 Å². The van der Waals surface area contributed by atoms with E-state index in [0.717, 1.165) is 44.1 Å². The second kappa shape index (κ2) is 6.39. The van der Waals surface area contributed by atoms with Crippen molar-refractivity contribution in [2.75, 3.05) is 26.2 Å². The molecular weight excluding hydrogens is 270 g/mol. The van der Waals surface area contributed by atoms with Crippen LogP contribution in [0.15, 0.2) is 29.8 Å². The Hall–Kier alpha value is -1.37. The monoisotopic (exact) mass is 289 g/mol. The van der Waals surface area contributed by atoms with Gasteiger partial charge in [-0.05, 0) is 30.6 Å². The number of rotatable bonds is 4. The van der Waals surface area contributed by atoms with Crippen molar-refractivity contribution in [3.8, 4) is 0 Å². The van der Waals surface area contributed by atoms with Crippen LogP contribution >= 0.6 is 11.5 Å². The van der Waals surface area contributed by atoms with Crippen LogP contribution < -0.4 is 0 Å². The topological polar surface area (TPSA) is 45.2 Å². The summed E-state index contributed by atoms with van der Waals surface area (Å²) in [6.45, 7) is 7.47. The summed E-state index contributed by atoms with van der Waals surface area (Å²) in [5.74, 6) is 0. The fourth-order valence-corrected chi connectivity index (χ4v) is 3.04. The van der Waals surface area contributed by atoms with Crippen LogP contribution in [-0.2, 0) is 6.54 Å². The molecule has 20 heavy (non-hydrogen) atoms. The van der Waals surface area contributed by atoms with Crippen molar-refractivity contribution in [2.45, 2.75) is 19.5 Å². The van der Waals surface area contributed by atoms with Crippen molar-refractivity contribution in [2.24, 2.45) is 0 Å². The van der Waals surface area contributed by atoms with Gasteiger partial charge in [-0.15, -0.1) is 5.10 Å². The minimum absolute atomic E-state index is 0.388. The molecule has 1 fully saturated rings. The van der Waals surface area contributed by atoms with Gasteiger partial charge in [-0.25, -0.2) is 0 Å². The molecule has 0 unspecified atom stereocenters. The highest BCUT2D eigenvalue weighted by atomic mass is 32.1. The predicted molar refractivity (Wildman–Crippen MR) is 79.4 cm³/mol. The normalized spacial score (nSPS) is 19.1. The van der Waals surface area contributed by atoms with Gasteiger partial charge < -0.3 is 0 Å². The van der Waals surface area contributed by atoms with Crippen molar-refractivity contribution in [1.29, 1.82) is 0 Å². The fourth-order valence-electron chi connectivity index (χ4n) is 2.60. The molecule has 6 heteroatoms. The molecule has 0 N–H and O–H groups in total. The first-order chi connectivity index (χ1) is 9.83. The lowest BCUT2D eigenvalue weighted by atomic mass is 10.1. The zero-order chi connectivity index (χ0) is 13.8. The number of piperazine rings is 1. The third kappa shape index (κ3) is 3.20. The van der Waals surface area contributed by atoms with E-state index >= 15 is 0 Å². The van der Waals surface area contributed by atoms with Crippen molar-refractivity contribution in [1.82, 2.24) is 24.4 Å². The Morgan fingerprint density at radius 1 is 1.25 bits per heavy atom. The third-order valence-electron chi connectivity index (χ3n) is 3.86. The molecule has 1 saturated heterocycles. The minimum Gasteiger partial charge on any atom is -0.295 e. The van der Waals surface area contributed by atoms with Gasteiger partial charge in [0.1, 0.15) is 0 Å². The average molecular weight is 289 g/mol. The molecule has 0 radical (unpaired) electrons. The highest BCUT2D eigenvalue weighted by Gasteiger charge is 2.22. The second-order valence-corrected chi connectivity index (χ2v) is 5.75. The lowest BCUT2D eigenvalue weighted by Gasteiger charge is -2.37. The van der Waals surface area contributed by atoms with Gasteiger partial charge in [0, 0.05) is 50.3 Å². The highest BCUT2D eigenvalue weighted by Crippen LogP contribution is 2.20. The molecule has 0 aromatic carbocycles. The fraction of sp³-hybridized carbons (Fsp3) is 0.500. The first kappa shape index (κ1) is 13.6. The SMILES string of the molecule is C[C@H](c1ccccn1)N1CCN(Cc2csnn2)CC1. The summed E-state index contributed by atoms with van der Waals surface area (Å²) in [5, 5.41) is 6.15. The summed E-state index contributed by atoms with van der Waals surface area (Å²) in [6.07, 6.45) is 1.87. The summed E-state index contributed by atoms with van der Waals surface area (Å²) < 4.78 is 3.92. The van der Waals surface area contributed by atoms with Crippen LogP contribution in [-0.4, -0.2) is 50.5 Å². The van der Waals surface area contributed by atoms with E-state index < -0.39 is 0 Å². The van der Waals surface area contributed by atoms with Crippen molar-refractivity contribution in [3.05, 3.63) is 41.2 Å². The second-order valence-electron chi connectivity index (χ2n) is 5.14. The average Bonchev–Trinajstić information content (AvgIpc) is 3.01. The van der Waals surface area contributed by atoms with Gasteiger partial charge in [0.2, 0.25) is 0 Å². The maximum absolute atomic E-state index is 4.46. The van der Waals surface area contributed by atoms with Gasteiger partial charge >= 0.3 is 0 Å². The number of hydrogen-bond acceptors (Lipinski definition) is 6. The van der Waals surface area contributed by atoms with Crippen LogP contribution in [0.4, 0.5) is 0 Å². The van der Waals surface area contributed by atoms with E-state index in [9.17, 15) is 0 Å². The maximum Gasteiger partial charge on any atom is 0.0895 e. The van der Waals surface area contributed by atoms with Gasteiger partial charge in [-0.3, -0.25) is 14.8 Å². The standard InChI is InChI=1S/C14H19N5S/c1-12(14-4-2-3-5-15-14)19-8-6-18(7-9-19)10-13-11-20-17-16-13/h2-5,11-12H,6-10H2,1H3/t12-/m1/s1. The van der Waals surface area contributed by atoms with Crippen LogP contribution in [0.25, 0.3) is 0 Å². The molecule has 3 heterocycles. The van der Waals surface area contributed by atoms with Gasteiger partial charge in [0.05, 0.1) is 11.4 Å². The Kier molecular flexibility index (Phi) is 4.34. The summed E-state index contributed by atoms with van der Waals surface area (Å²) in [4.78, 5) is 9.40. The summed E-state index contributed by atoms with van der Waals surface area (Å²) in [6, 6.07) is 6.53. The van der Waals surface area contributed by atoms with Crippen LogP contribution in [0.2, 0.25) is 0 Å². The van der Waals surface area contributed by atoms with Crippen molar-refractivity contribution in [3.63, 3.8) is 0 Å². The number of nitrogens with zero attached hydrogens (tertiary/aromatic N) is 5. The molecule has 0 spiro atoms. The minimum atomic E-state index is 0.388. The van der Waals surface area contributed by atoms with E-state index in [2.05, 4.69) is 43.4 Å². The quantitative estimate of drug-likeness (QED) is 0.859. The van der Waals surface area contributed by atoms with Crippen LogP contribution in [0, 0.1) is 0 Å². The molecule has 1 aliphatic heterocycles. The Labute approximate surface area is 123 Å². The van der Waals surface area contributed by atoms with Gasteiger partial charge in [0.15, 0.2) is 0 Å². The molecule has 5 nitrogen and oxygen atoms in total. The lowest BCUT2D eigenvalue weighted by Crippen LogP contribution is -2.46. The molecule has 1 atom stereocenters. The first-order valence-electron chi connectivity index (χ1n) is 6.96. The third-order valence-corrected chi connectivity index (χ3v) is 4.41. The lowest BCUT2D eigenvalue weighted by molar-refractivity contribution is 0.0956. The molecule has 106 valence electrons. The van der Waals surface area contributed by atoms with Gasteiger partial charge in [0.25, 0.3) is 0 Å². The molecule has 3 rings (SSSR count). The molecule has 0 amide bonds. The highest BCUT2D eigenvalue weighted by molar-refractivity contribution is 7.03. The van der Waals surface area contributed by atoms with E-state index in [0.29, 0.717) is 6.04 Å². The molecule has 1 aliphatic rings. The molecule has 0 saturated carbocycles. The van der Waals surface area contributed by atoms with Gasteiger partial charge in [-0.2, -0.15) is 0 Å². The predicted octanol–water partition coefficient (Wildman–Crippen LogP) is 1.81. The van der Waals surface area contributed by atoms with E-state index in [1.54, 1.807) is 0 Å². The molecule has 0 bridgehead atoms. The first-order valence-corrected chi connectivity index (χ1v) is 7.80. The Bertz CT molecular complexity index is 508. The zero-order valence-electron chi connectivity index (χ0n) is 11.6. The molecule has 2 aromatic rings. The summed E-state index contributed by atoms with van der Waals surface area (Å²) in [5.41, 5.74) is 2.24. The zero-order valence-corrected chi connectivity index (χ0v) is 12.5. The van der Waals surface area contributed by atoms with Crippen LogP contribution in [0.5, 0.6) is 0 Å². The Morgan fingerprint density at radius 2 is 2.10 bits per heavy atom. The smallest absolute Gasteiger partial charge is 0.0895 e. The van der Waals surface area contributed by atoms with E-state index in [4.69, 9.17) is 0 Å². The van der Waals surface area contributed by atoms with Crippen molar-refractivity contribution < 1.29 is 0 Å². The van der Waals surface area contributed by atoms with E-state index in [1.807, 2.05) is 17.6 Å². The van der Waals surface area contributed by atoms with E-state index in [1.165, 1.54) is 11.5 Å². The number of pyridine rings is 1. The largest absolute Gasteiger partial charge is 0.295 e. The molecule has 2 aromatic heterocycles.